The summed E-state index contributed by atoms with van der Waals surface area (Å²) in [7, 11) is 1.84. The molecule has 2 rings (SSSR count). The van der Waals surface area contributed by atoms with Crippen molar-refractivity contribution in [3.63, 3.8) is 0 Å². The zero-order valence-electron chi connectivity index (χ0n) is 9.94. The van der Waals surface area contributed by atoms with Gasteiger partial charge in [0.25, 0.3) is 0 Å². The highest BCUT2D eigenvalue weighted by atomic mass is 79.9. The maximum absolute atomic E-state index is 11.0. The number of nitrogens with zero attached hydrogens (tertiary/aromatic N) is 2. The van der Waals surface area contributed by atoms with E-state index in [0.717, 1.165) is 11.4 Å². The Balaban J connectivity index is 2.34. The first-order valence-electron chi connectivity index (χ1n) is 5.27. The van der Waals surface area contributed by atoms with E-state index < -0.39 is 5.97 Å². The summed E-state index contributed by atoms with van der Waals surface area (Å²) < 4.78 is 2.42. The Bertz CT molecular complexity index is 607. The first-order valence-corrected chi connectivity index (χ1v) is 6.06. The average Bonchev–Trinajstić information content (AvgIpc) is 2.56. The molecule has 0 unspecified atom stereocenters. The molecule has 6 heteroatoms. The lowest BCUT2D eigenvalue weighted by molar-refractivity contribution is 0.0697. The standard InChI is InChI=1S/C12H12BrN3O2/c1-7-11(6-16(2)15-7)14-10-4-8(12(17)18)3-9(13)5-10/h3-6,14H,1-2H3,(H,17,18). The maximum atomic E-state index is 11.0. The molecule has 1 aromatic carbocycles. The number of carboxylic acids is 1. The van der Waals surface area contributed by atoms with Gasteiger partial charge >= 0.3 is 5.97 Å². The van der Waals surface area contributed by atoms with Gasteiger partial charge in [-0.25, -0.2) is 4.79 Å². The summed E-state index contributed by atoms with van der Waals surface area (Å²) in [4.78, 5) is 11.0. The minimum absolute atomic E-state index is 0.230. The molecule has 2 N–H and O–H groups in total. The molecule has 0 aliphatic rings. The number of carbonyl (C=O) groups is 1. The Morgan fingerprint density at radius 2 is 2.17 bits per heavy atom. The van der Waals surface area contributed by atoms with Crippen LogP contribution >= 0.6 is 15.9 Å². The lowest BCUT2D eigenvalue weighted by Gasteiger charge is -2.06. The Labute approximate surface area is 113 Å². The summed E-state index contributed by atoms with van der Waals surface area (Å²) >= 11 is 3.29. The van der Waals surface area contributed by atoms with Gasteiger partial charge in [0.05, 0.1) is 16.9 Å². The summed E-state index contributed by atoms with van der Waals surface area (Å²) in [6.07, 6.45) is 1.84. The highest BCUT2D eigenvalue weighted by molar-refractivity contribution is 9.10. The second-order valence-corrected chi connectivity index (χ2v) is 4.88. The van der Waals surface area contributed by atoms with E-state index in [0.29, 0.717) is 10.2 Å². The largest absolute Gasteiger partial charge is 0.478 e. The number of hydrogen-bond donors (Lipinski definition) is 2. The van der Waals surface area contributed by atoms with E-state index in [1.54, 1.807) is 16.8 Å². The van der Waals surface area contributed by atoms with Crippen molar-refractivity contribution in [2.75, 3.05) is 5.32 Å². The van der Waals surface area contributed by atoms with Crippen molar-refractivity contribution < 1.29 is 9.90 Å². The zero-order chi connectivity index (χ0) is 13.3. The number of benzene rings is 1. The molecule has 0 aliphatic heterocycles. The number of nitrogens with one attached hydrogen (secondary N) is 1. The minimum Gasteiger partial charge on any atom is -0.478 e. The predicted octanol–water partition coefficient (Wildman–Crippen LogP) is 2.93. The third-order valence-electron chi connectivity index (χ3n) is 2.44. The monoisotopic (exact) mass is 309 g/mol. The number of carboxylic acid groups (broad SMARTS) is 1. The van der Waals surface area contributed by atoms with Crippen LogP contribution in [-0.2, 0) is 7.05 Å². The van der Waals surface area contributed by atoms with E-state index in [9.17, 15) is 4.79 Å². The van der Waals surface area contributed by atoms with Crippen LogP contribution in [-0.4, -0.2) is 20.9 Å². The van der Waals surface area contributed by atoms with Gasteiger partial charge in [-0.1, -0.05) is 15.9 Å². The molecule has 2 aromatic rings. The van der Waals surface area contributed by atoms with E-state index in [-0.39, 0.29) is 5.56 Å². The van der Waals surface area contributed by atoms with Gasteiger partial charge in [0, 0.05) is 23.4 Å². The Morgan fingerprint density at radius 1 is 1.44 bits per heavy atom. The van der Waals surface area contributed by atoms with E-state index in [2.05, 4.69) is 26.3 Å². The molecule has 0 aliphatic carbocycles. The van der Waals surface area contributed by atoms with Gasteiger partial charge in [-0.15, -0.1) is 0 Å². The Morgan fingerprint density at radius 3 is 2.72 bits per heavy atom. The smallest absolute Gasteiger partial charge is 0.335 e. The molecule has 5 nitrogen and oxygen atoms in total. The molecule has 94 valence electrons. The number of anilines is 2. The Kier molecular flexibility index (Phi) is 3.38. The van der Waals surface area contributed by atoms with Crippen LogP contribution in [0.15, 0.2) is 28.9 Å². The molecule has 0 fully saturated rings. The van der Waals surface area contributed by atoms with E-state index in [4.69, 9.17) is 5.11 Å². The van der Waals surface area contributed by atoms with Crippen LogP contribution in [0.1, 0.15) is 16.1 Å². The summed E-state index contributed by atoms with van der Waals surface area (Å²) in [5.41, 5.74) is 2.65. The van der Waals surface area contributed by atoms with Crippen LogP contribution in [0.3, 0.4) is 0 Å². The Hall–Kier alpha value is -1.82. The molecule has 0 radical (unpaired) electrons. The van der Waals surface area contributed by atoms with Crippen molar-refractivity contribution in [2.45, 2.75) is 6.92 Å². The molecule has 0 atom stereocenters. The van der Waals surface area contributed by atoms with Crippen LogP contribution in [0.4, 0.5) is 11.4 Å². The number of aryl methyl sites for hydroxylation is 2. The van der Waals surface area contributed by atoms with Crippen molar-refractivity contribution in [1.82, 2.24) is 9.78 Å². The first kappa shape index (κ1) is 12.6. The molecule has 0 bridgehead atoms. The number of hydrogen-bond acceptors (Lipinski definition) is 3. The summed E-state index contributed by atoms with van der Waals surface area (Å²) in [6.45, 7) is 1.89. The zero-order valence-corrected chi connectivity index (χ0v) is 11.5. The highest BCUT2D eigenvalue weighted by Crippen LogP contribution is 2.24. The van der Waals surface area contributed by atoms with Crippen LogP contribution < -0.4 is 5.32 Å². The maximum Gasteiger partial charge on any atom is 0.335 e. The van der Waals surface area contributed by atoms with E-state index >= 15 is 0 Å². The molecule has 0 spiro atoms. The topological polar surface area (TPSA) is 67.2 Å². The highest BCUT2D eigenvalue weighted by Gasteiger charge is 2.08. The van der Waals surface area contributed by atoms with Crippen molar-refractivity contribution in [1.29, 1.82) is 0 Å². The average molecular weight is 310 g/mol. The van der Waals surface area contributed by atoms with Gasteiger partial charge in [0.2, 0.25) is 0 Å². The van der Waals surface area contributed by atoms with Gasteiger partial charge in [-0.05, 0) is 25.1 Å². The van der Waals surface area contributed by atoms with E-state index in [1.165, 1.54) is 0 Å². The molecule has 18 heavy (non-hydrogen) atoms. The van der Waals surface area contributed by atoms with Gasteiger partial charge in [-0.2, -0.15) is 5.10 Å². The molecular weight excluding hydrogens is 298 g/mol. The van der Waals surface area contributed by atoms with E-state index in [1.807, 2.05) is 26.2 Å². The van der Waals surface area contributed by atoms with Crippen molar-refractivity contribution in [3.05, 3.63) is 40.1 Å². The predicted molar refractivity (Wildman–Crippen MR) is 72.3 cm³/mol. The number of halogens is 1. The molecule has 0 saturated heterocycles. The molecule has 1 heterocycles. The first-order chi connectivity index (χ1) is 8.45. The van der Waals surface area contributed by atoms with Crippen molar-refractivity contribution in [3.8, 4) is 0 Å². The van der Waals surface area contributed by atoms with Gasteiger partial charge in [0.15, 0.2) is 0 Å². The fraction of sp³-hybridized carbons (Fsp3) is 0.167. The van der Waals surface area contributed by atoms with Crippen LogP contribution in [0.2, 0.25) is 0 Å². The molecule has 1 aromatic heterocycles. The quantitative estimate of drug-likeness (QED) is 0.914. The van der Waals surface area contributed by atoms with Gasteiger partial charge in [0.1, 0.15) is 0 Å². The SMILES string of the molecule is Cc1nn(C)cc1Nc1cc(Br)cc(C(=O)O)c1. The third-order valence-corrected chi connectivity index (χ3v) is 2.90. The minimum atomic E-state index is -0.956. The lowest BCUT2D eigenvalue weighted by atomic mass is 10.2. The fourth-order valence-electron chi connectivity index (χ4n) is 1.66. The third kappa shape index (κ3) is 2.70. The second kappa shape index (κ2) is 4.81. The summed E-state index contributed by atoms with van der Waals surface area (Å²) in [6, 6.07) is 4.96. The normalized spacial score (nSPS) is 10.4. The molecule has 0 amide bonds. The van der Waals surface area contributed by atoms with Gasteiger partial charge in [-0.3, -0.25) is 4.68 Å². The van der Waals surface area contributed by atoms with Crippen LogP contribution in [0.25, 0.3) is 0 Å². The van der Waals surface area contributed by atoms with Crippen LogP contribution in [0.5, 0.6) is 0 Å². The summed E-state index contributed by atoms with van der Waals surface area (Å²) in [5.74, 6) is -0.956. The number of rotatable bonds is 3. The second-order valence-electron chi connectivity index (χ2n) is 3.96. The van der Waals surface area contributed by atoms with Crippen molar-refractivity contribution in [2.24, 2.45) is 7.05 Å². The van der Waals surface area contributed by atoms with Crippen LogP contribution in [0, 0.1) is 6.92 Å². The van der Waals surface area contributed by atoms with Crippen molar-refractivity contribution >= 4 is 33.3 Å². The summed E-state index contributed by atoms with van der Waals surface area (Å²) in [5, 5.41) is 16.4. The van der Waals surface area contributed by atoms with Gasteiger partial charge < -0.3 is 10.4 Å². The molecule has 0 saturated carbocycles. The number of aromatic nitrogens is 2. The fourth-order valence-corrected chi connectivity index (χ4v) is 2.16. The lowest BCUT2D eigenvalue weighted by Crippen LogP contribution is -1.98. The molecular formula is C12H12BrN3O2. The number of aromatic carboxylic acids is 1.